The van der Waals surface area contributed by atoms with Crippen molar-refractivity contribution in [1.82, 2.24) is 0 Å². The number of nitrogens with one attached hydrogen (secondary N) is 1. The van der Waals surface area contributed by atoms with Crippen LogP contribution < -0.4 is 5.32 Å². The van der Waals surface area contributed by atoms with E-state index in [9.17, 15) is 4.79 Å². The highest BCUT2D eigenvalue weighted by Crippen LogP contribution is 2.19. The van der Waals surface area contributed by atoms with Gasteiger partial charge < -0.3 is 9.84 Å². The Kier molecular flexibility index (Phi) is 4.37. The maximum atomic E-state index is 11.4. The molecule has 94 valence electrons. The molecule has 0 radical (unpaired) electrons. The molecule has 0 fully saturated rings. The van der Waals surface area contributed by atoms with Crippen molar-refractivity contribution in [2.24, 2.45) is 0 Å². The van der Waals surface area contributed by atoms with Crippen molar-refractivity contribution in [2.45, 2.75) is 31.9 Å². The van der Waals surface area contributed by atoms with Crippen LogP contribution in [0.3, 0.4) is 0 Å². The quantitative estimate of drug-likeness (QED) is 0.800. The lowest BCUT2D eigenvalue weighted by molar-refractivity contribution is 0.0636. The van der Waals surface area contributed by atoms with Gasteiger partial charge >= 0.3 is 6.09 Å². The van der Waals surface area contributed by atoms with Crippen LogP contribution in [0.25, 0.3) is 0 Å². The van der Waals surface area contributed by atoms with Gasteiger partial charge in [0.25, 0.3) is 0 Å². The molecule has 1 atom stereocenters. The molecular weight excluding hydrogens is 242 g/mol. The number of carbonyl (C=O) groups excluding carboxylic acids is 1. The molecule has 0 aliphatic rings. The second-order valence-corrected chi connectivity index (χ2v) is 5.00. The molecule has 0 saturated heterocycles. The third-order valence-corrected chi connectivity index (χ3v) is 2.08. The van der Waals surface area contributed by atoms with Crippen LogP contribution in [-0.2, 0) is 4.74 Å². The predicted molar refractivity (Wildman–Crippen MR) is 67.1 cm³/mol. The van der Waals surface area contributed by atoms with Gasteiger partial charge in [0.15, 0.2) is 5.56 Å². The SMILES string of the molecule is CC(C)(C)OC(=O)Nc1ccc(C(O)Cl)cc1. The summed E-state index contributed by atoms with van der Waals surface area (Å²) in [5, 5.41) is 11.7. The van der Waals surface area contributed by atoms with Crippen molar-refractivity contribution in [3.63, 3.8) is 0 Å². The summed E-state index contributed by atoms with van der Waals surface area (Å²) in [4.78, 5) is 11.4. The van der Waals surface area contributed by atoms with E-state index in [0.717, 1.165) is 0 Å². The second-order valence-electron chi connectivity index (χ2n) is 4.58. The molecule has 1 unspecified atom stereocenters. The summed E-state index contributed by atoms with van der Waals surface area (Å²) < 4.78 is 5.09. The summed E-state index contributed by atoms with van der Waals surface area (Å²) in [6.45, 7) is 5.37. The van der Waals surface area contributed by atoms with Crippen LogP contribution in [0, 0.1) is 0 Å². The number of anilines is 1. The molecule has 1 rings (SSSR count). The first-order chi connectivity index (χ1) is 7.78. The highest BCUT2D eigenvalue weighted by molar-refractivity contribution is 6.19. The van der Waals surface area contributed by atoms with Gasteiger partial charge in [0.2, 0.25) is 0 Å². The van der Waals surface area contributed by atoms with Crippen molar-refractivity contribution >= 4 is 23.4 Å². The molecule has 5 heteroatoms. The molecule has 0 saturated carbocycles. The Balaban J connectivity index is 2.61. The maximum Gasteiger partial charge on any atom is 0.412 e. The molecule has 4 nitrogen and oxygen atoms in total. The van der Waals surface area contributed by atoms with Gasteiger partial charge in [-0.05, 0) is 38.5 Å². The van der Waals surface area contributed by atoms with Crippen LogP contribution in [0.1, 0.15) is 31.9 Å². The number of amides is 1. The number of aliphatic hydroxyl groups excluding tert-OH is 1. The van der Waals surface area contributed by atoms with Gasteiger partial charge in [-0.3, -0.25) is 5.32 Å². The number of ether oxygens (including phenoxy) is 1. The molecular formula is C12H16ClNO3. The van der Waals surface area contributed by atoms with E-state index in [1.165, 1.54) is 0 Å². The first-order valence-corrected chi connectivity index (χ1v) is 5.64. The lowest BCUT2D eigenvalue weighted by Crippen LogP contribution is -2.27. The fraction of sp³-hybridized carbons (Fsp3) is 0.417. The number of alkyl halides is 1. The minimum absolute atomic E-state index is 0.517. The molecule has 0 aliphatic carbocycles. The summed E-state index contributed by atoms with van der Waals surface area (Å²) in [6, 6.07) is 6.55. The summed E-state index contributed by atoms with van der Waals surface area (Å²) in [5.41, 5.74) is -0.414. The Morgan fingerprint density at radius 2 is 1.88 bits per heavy atom. The van der Waals surface area contributed by atoms with Crippen LogP contribution in [-0.4, -0.2) is 16.8 Å². The van der Waals surface area contributed by atoms with E-state index >= 15 is 0 Å². The molecule has 1 aromatic rings. The van der Waals surface area contributed by atoms with Gasteiger partial charge in [-0.1, -0.05) is 23.7 Å². The van der Waals surface area contributed by atoms with Crippen LogP contribution in [0.15, 0.2) is 24.3 Å². The van der Waals surface area contributed by atoms with Gasteiger partial charge in [0.1, 0.15) is 5.60 Å². The normalized spacial score (nSPS) is 13.0. The Bertz CT molecular complexity index is 382. The molecule has 0 spiro atoms. The lowest BCUT2D eigenvalue weighted by Gasteiger charge is -2.19. The zero-order valence-corrected chi connectivity index (χ0v) is 10.8. The van der Waals surface area contributed by atoms with E-state index < -0.39 is 17.3 Å². The standard InChI is InChI=1S/C12H16ClNO3/c1-12(2,3)17-11(16)14-9-6-4-8(5-7-9)10(13)15/h4-7,10,15H,1-3H3,(H,14,16). The van der Waals surface area contributed by atoms with Gasteiger partial charge in [-0.25, -0.2) is 4.79 Å². The van der Waals surface area contributed by atoms with Crippen molar-refractivity contribution in [3.8, 4) is 0 Å². The molecule has 2 N–H and O–H groups in total. The Morgan fingerprint density at radius 3 is 2.29 bits per heavy atom. The van der Waals surface area contributed by atoms with E-state index in [-0.39, 0.29) is 0 Å². The Morgan fingerprint density at radius 1 is 1.35 bits per heavy atom. The van der Waals surface area contributed by atoms with Gasteiger partial charge in [0, 0.05) is 5.69 Å². The minimum atomic E-state index is -1.04. The van der Waals surface area contributed by atoms with Crippen LogP contribution >= 0.6 is 11.6 Å². The predicted octanol–water partition coefficient (Wildman–Crippen LogP) is 3.26. The molecule has 1 amide bonds. The fourth-order valence-corrected chi connectivity index (χ4v) is 1.29. The Labute approximate surface area is 106 Å². The van der Waals surface area contributed by atoms with E-state index in [4.69, 9.17) is 21.4 Å². The first-order valence-electron chi connectivity index (χ1n) is 5.20. The maximum absolute atomic E-state index is 11.4. The summed E-state index contributed by atoms with van der Waals surface area (Å²) in [5.74, 6) is 0. The first kappa shape index (κ1) is 13.8. The smallest absolute Gasteiger partial charge is 0.412 e. The molecule has 0 aliphatic heterocycles. The molecule has 1 aromatic carbocycles. The highest BCUT2D eigenvalue weighted by Gasteiger charge is 2.16. The topological polar surface area (TPSA) is 58.6 Å². The van der Waals surface area contributed by atoms with Crippen LogP contribution in [0.2, 0.25) is 0 Å². The number of hydrogen-bond donors (Lipinski definition) is 2. The third kappa shape index (κ3) is 5.06. The monoisotopic (exact) mass is 257 g/mol. The van der Waals surface area contributed by atoms with Gasteiger partial charge in [0.05, 0.1) is 0 Å². The lowest BCUT2D eigenvalue weighted by atomic mass is 10.2. The second kappa shape index (κ2) is 5.38. The number of benzene rings is 1. The van der Waals surface area contributed by atoms with Crippen molar-refractivity contribution < 1.29 is 14.6 Å². The highest BCUT2D eigenvalue weighted by atomic mass is 35.5. The Hall–Kier alpha value is -1.26. The van der Waals surface area contributed by atoms with Crippen molar-refractivity contribution in [3.05, 3.63) is 29.8 Å². The van der Waals surface area contributed by atoms with E-state index in [0.29, 0.717) is 11.3 Å². The average molecular weight is 258 g/mol. The number of aliphatic hydroxyl groups is 1. The van der Waals surface area contributed by atoms with Crippen molar-refractivity contribution in [2.75, 3.05) is 5.32 Å². The number of carbonyl (C=O) groups is 1. The molecule has 0 bridgehead atoms. The summed E-state index contributed by atoms with van der Waals surface area (Å²) >= 11 is 5.49. The van der Waals surface area contributed by atoms with Crippen LogP contribution in [0.5, 0.6) is 0 Å². The zero-order chi connectivity index (χ0) is 13.1. The fourth-order valence-electron chi connectivity index (χ4n) is 1.15. The van der Waals surface area contributed by atoms with Gasteiger partial charge in [-0.15, -0.1) is 0 Å². The average Bonchev–Trinajstić information content (AvgIpc) is 2.15. The summed E-state index contributed by atoms with van der Waals surface area (Å²) in [6.07, 6.45) is -0.517. The third-order valence-electron chi connectivity index (χ3n) is 1.83. The van der Waals surface area contributed by atoms with E-state index in [2.05, 4.69) is 5.32 Å². The molecule has 0 aromatic heterocycles. The van der Waals surface area contributed by atoms with Crippen LogP contribution in [0.4, 0.5) is 10.5 Å². The molecule has 17 heavy (non-hydrogen) atoms. The largest absolute Gasteiger partial charge is 0.444 e. The van der Waals surface area contributed by atoms with Crippen molar-refractivity contribution in [1.29, 1.82) is 0 Å². The zero-order valence-electron chi connectivity index (χ0n) is 10.0. The van der Waals surface area contributed by atoms with E-state index in [1.807, 2.05) is 0 Å². The number of rotatable bonds is 2. The van der Waals surface area contributed by atoms with Gasteiger partial charge in [-0.2, -0.15) is 0 Å². The molecule has 0 heterocycles. The summed E-state index contributed by atoms with van der Waals surface area (Å²) in [7, 11) is 0. The number of hydrogen-bond acceptors (Lipinski definition) is 3. The minimum Gasteiger partial charge on any atom is -0.444 e. The number of halogens is 1. The van der Waals surface area contributed by atoms with E-state index in [1.54, 1.807) is 45.0 Å².